The number of benzene rings is 2. The van der Waals surface area contributed by atoms with E-state index in [9.17, 15) is 32.6 Å². The maximum atomic E-state index is 14.2. The van der Waals surface area contributed by atoms with Gasteiger partial charge in [-0.15, -0.1) is 0 Å². The summed E-state index contributed by atoms with van der Waals surface area (Å²) in [6.45, 7) is 2.62. The molecular weight excluding hydrogens is 464 g/mol. The lowest BCUT2D eigenvalue weighted by Crippen LogP contribution is -2.58. The van der Waals surface area contributed by atoms with Gasteiger partial charge < -0.3 is 20.5 Å². The van der Waals surface area contributed by atoms with Crippen LogP contribution in [0, 0.1) is 5.82 Å². The molecule has 2 unspecified atom stereocenters. The van der Waals surface area contributed by atoms with Crippen molar-refractivity contribution in [3.05, 3.63) is 68.7 Å². The molecule has 1 aromatic heterocycles. The predicted molar refractivity (Wildman–Crippen MR) is 118 cm³/mol. The summed E-state index contributed by atoms with van der Waals surface area (Å²) in [5.74, 6) is -2.52. The predicted octanol–water partition coefficient (Wildman–Crippen LogP) is 5.20. The third kappa shape index (κ3) is 3.73. The quantitative estimate of drug-likeness (QED) is 0.385. The number of aromatic amines is 1. The Hall–Kier alpha value is -2.78. The highest BCUT2D eigenvalue weighted by Gasteiger charge is 2.63. The Morgan fingerprint density at radius 1 is 1.18 bits per heavy atom. The molecule has 1 aliphatic carbocycles. The van der Waals surface area contributed by atoms with Gasteiger partial charge in [-0.05, 0) is 41.7 Å². The number of hydrogen-bond acceptors (Lipinski definition) is 4. The van der Waals surface area contributed by atoms with Crippen molar-refractivity contribution in [1.82, 2.24) is 4.98 Å². The SMILES string of the molecule is CC1(C)CC(O)(C(F)(F)F)C(CNc2ccc(F)c3[nH]c(=O)ccc23)c2ccc(Cl)c(O)c21. The van der Waals surface area contributed by atoms with Gasteiger partial charge in [0, 0.05) is 35.2 Å². The highest BCUT2D eigenvalue weighted by molar-refractivity contribution is 6.32. The fourth-order valence-electron chi connectivity index (χ4n) is 4.89. The minimum Gasteiger partial charge on any atom is -0.506 e. The molecule has 5 nitrogen and oxygen atoms in total. The van der Waals surface area contributed by atoms with Crippen LogP contribution in [0.3, 0.4) is 0 Å². The molecular formula is C23H21ClF4N2O3. The summed E-state index contributed by atoms with van der Waals surface area (Å²) in [5, 5.41) is 24.7. The Labute approximate surface area is 191 Å². The van der Waals surface area contributed by atoms with Crippen LogP contribution in [-0.4, -0.2) is 33.5 Å². The number of hydrogen-bond donors (Lipinski definition) is 4. The van der Waals surface area contributed by atoms with E-state index in [2.05, 4.69) is 10.3 Å². The monoisotopic (exact) mass is 484 g/mol. The molecule has 176 valence electrons. The Morgan fingerprint density at radius 3 is 2.55 bits per heavy atom. The van der Waals surface area contributed by atoms with Gasteiger partial charge in [0.15, 0.2) is 5.60 Å². The molecule has 1 aliphatic rings. The highest BCUT2D eigenvalue weighted by atomic mass is 35.5. The maximum Gasteiger partial charge on any atom is 0.417 e. The van der Waals surface area contributed by atoms with Crippen LogP contribution in [0.15, 0.2) is 41.2 Å². The Balaban J connectivity index is 1.83. The minimum absolute atomic E-state index is 0.000495. The zero-order valence-corrected chi connectivity index (χ0v) is 18.4. The van der Waals surface area contributed by atoms with Gasteiger partial charge in [-0.25, -0.2) is 4.39 Å². The summed E-state index contributed by atoms with van der Waals surface area (Å²) < 4.78 is 56.8. The Kier molecular flexibility index (Phi) is 5.41. The van der Waals surface area contributed by atoms with Crippen LogP contribution in [0.5, 0.6) is 5.75 Å². The van der Waals surface area contributed by atoms with Crippen LogP contribution in [0.25, 0.3) is 10.9 Å². The Bertz CT molecular complexity index is 1310. The summed E-state index contributed by atoms with van der Waals surface area (Å²) in [6, 6.07) is 7.63. The highest BCUT2D eigenvalue weighted by Crippen LogP contribution is 2.57. The van der Waals surface area contributed by atoms with Crippen LogP contribution in [0.2, 0.25) is 5.02 Å². The summed E-state index contributed by atoms with van der Waals surface area (Å²) in [5.41, 5.74) is -4.33. The average Bonchev–Trinajstić information content (AvgIpc) is 2.70. The molecule has 0 fully saturated rings. The van der Waals surface area contributed by atoms with E-state index >= 15 is 0 Å². The van der Waals surface area contributed by atoms with E-state index in [1.54, 1.807) is 0 Å². The number of alkyl halides is 3. The molecule has 2 aromatic carbocycles. The van der Waals surface area contributed by atoms with Crippen molar-refractivity contribution in [1.29, 1.82) is 0 Å². The van der Waals surface area contributed by atoms with Crippen molar-refractivity contribution in [2.75, 3.05) is 11.9 Å². The lowest BCUT2D eigenvalue weighted by Gasteiger charge is -2.49. The number of aromatic nitrogens is 1. The fraction of sp³-hybridized carbons (Fsp3) is 0.348. The molecule has 4 N–H and O–H groups in total. The number of nitrogens with one attached hydrogen (secondary N) is 2. The fourth-order valence-corrected chi connectivity index (χ4v) is 5.04. The number of aromatic hydroxyl groups is 1. The number of phenols is 1. The topological polar surface area (TPSA) is 85.4 Å². The van der Waals surface area contributed by atoms with E-state index in [1.165, 1.54) is 44.2 Å². The number of halogens is 5. The van der Waals surface area contributed by atoms with Crippen LogP contribution >= 0.6 is 11.6 Å². The van der Waals surface area contributed by atoms with E-state index in [1.807, 2.05) is 0 Å². The van der Waals surface area contributed by atoms with E-state index in [0.29, 0.717) is 0 Å². The molecule has 0 saturated heterocycles. The van der Waals surface area contributed by atoms with Crippen molar-refractivity contribution >= 4 is 28.2 Å². The van der Waals surface area contributed by atoms with E-state index < -0.39 is 40.9 Å². The van der Waals surface area contributed by atoms with E-state index in [0.717, 1.165) is 6.07 Å². The zero-order chi connectivity index (χ0) is 24.3. The lowest BCUT2D eigenvalue weighted by atomic mass is 9.61. The van der Waals surface area contributed by atoms with Gasteiger partial charge in [0.25, 0.3) is 0 Å². The molecule has 2 atom stereocenters. The Morgan fingerprint density at radius 2 is 1.88 bits per heavy atom. The second kappa shape index (κ2) is 7.63. The lowest BCUT2D eigenvalue weighted by molar-refractivity contribution is -0.277. The first-order valence-electron chi connectivity index (χ1n) is 10.1. The molecule has 3 aromatic rings. The molecule has 0 radical (unpaired) electrons. The van der Waals surface area contributed by atoms with Crippen LogP contribution in [0.4, 0.5) is 23.2 Å². The average molecular weight is 485 g/mol. The van der Waals surface area contributed by atoms with Gasteiger partial charge in [0.2, 0.25) is 5.56 Å². The number of pyridine rings is 1. The van der Waals surface area contributed by atoms with Crippen molar-refractivity contribution in [2.45, 2.75) is 43.4 Å². The molecule has 4 rings (SSSR count). The van der Waals surface area contributed by atoms with Crippen molar-refractivity contribution < 1.29 is 27.8 Å². The number of H-pyrrole nitrogens is 1. The van der Waals surface area contributed by atoms with Crippen molar-refractivity contribution in [2.24, 2.45) is 0 Å². The molecule has 0 amide bonds. The molecule has 0 spiro atoms. The van der Waals surface area contributed by atoms with Gasteiger partial charge in [-0.3, -0.25) is 4.79 Å². The first kappa shape index (κ1) is 23.4. The van der Waals surface area contributed by atoms with E-state index in [4.69, 9.17) is 11.6 Å². The molecule has 0 aliphatic heterocycles. The largest absolute Gasteiger partial charge is 0.506 e. The summed E-state index contributed by atoms with van der Waals surface area (Å²) in [7, 11) is 0. The number of phenolic OH excluding ortho intramolecular Hbond substituents is 1. The summed E-state index contributed by atoms with van der Waals surface area (Å²) >= 11 is 6.03. The van der Waals surface area contributed by atoms with Gasteiger partial charge in [0.05, 0.1) is 10.5 Å². The second-order valence-corrected chi connectivity index (χ2v) is 9.39. The minimum atomic E-state index is -4.97. The number of rotatable bonds is 3. The molecule has 0 bridgehead atoms. The van der Waals surface area contributed by atoms with Gasteiger partial charge in [0.1, 0.15) is 11.6 Å². The summed E-state index contributed by atoms with van der Waals surface area (Å²) in [6.07, 6.45) is -5.67. The van der Waals surface area contributed by atoms with Crippen LogP contribution in [0.1, 0.15) is 37.3 Å². The van der Waals surface area contributed by atoms with Gasteiger partial charge >= 0.3 is 6.18 Å². The molecule has 1 heterocycles. The normalized spacial score (nSPS) is 22.2. The number of fused-ring (bicyclic) bond motifs is 2. The third-order valence-corrected chi connectivity index (χ3v) is 6.64. The number of aliphatic hydroxyl groups is 1. The maximum absolute atomic E-state index is 14.2. The standard InChI is InChI=1S/C23H21ClF4N2O3/c1-21(2)10-22(33,23(26,27)28)13(11-3-5-14(24)20(32)18(11)21)9-29-16-7-6-15(25)19-12(16)4-8-17(31)30-19/h3-8,13,29,32-33H,9-10H2,1-2H3,(H,30,31). The van der Waals surface area contributed by atoms with Gasteiger partial charge in [-0.2, -0.15) is 13.2 Å². The van der Waals surface area contributed by atoms with Crippen LogP contribution in [-0.2, 0) is 5.41 Å². The summed E-state index contributed by atoms with van der Waals surface area (Å²) in [4.78, 5) is 13.9. The molecule has 33 heavy (non-hydrogen) atoms. The first-order valence-corrected chi connectivity index (χ1v) is 10.5. The second-order valence-electron chi connectivity index (χ2n) is 8.98. The van der Waals surface area contributed by atoms with Crippen molar-refractivity contribution in [3.63, 3.8) is 0 Å². The smallest absolute Gasteiger partial charge is 0.417 e. The van der Waals surface area contributed by atoms with E-state index in [-0.39, 0.29) is 45.0 Å². The van der Waals surface area contributed by atoms with Gasteiger partial charge in [-0.1, -0.05) is 31.5 Å². The number of anilines is 1. The zero-order valence-electron chi connectivity index (χ0n) is 17.6. The first-order chi connectivity index (χ1) is 15.3. The van der Waals surface area contributed by atoms with Crippen molar-refractivity contribution in [3.8, 4) is 5.75 Å². The molecule has 0 saturated carbocycles. The third-order valence-electron chi connectivity index (χ3n) is 6.33. The molecule has 10 heteroatoms. The van der Waals surface area contributed by atoms with Crippen LogP contribution < -0.4 is 10.9 Å².